The zero-order valence-electron chi connectivity index (χ0n) is 20.4. The summed E-state index contributed by atoms with van der Waals surface area (Å²) in [6.45, 7) is 7.89. The molecule has 0 atom stereocenters. The molecular formula is C28H37N3O3. The Morgan fingerprint density at radius 2 is 1.21 bits per heavy atom. The predicted molar refractivity (Wildman–Crippen MR) is 138 cm³/mol. The monoisotopic (exact) mass is 463 g/mol. The second-order valence-corrected chi connectivity index (χ2v) is 9.75. The van der Waals surface area contributed by atoms with Gasteiger partial charge in [0.25, 0.3) is 5.56 Å². The molecule has 0 aliphatic carbocycles. The average molecular weight is 464 g/mol. The van der Waals surface area contributed by atoms with Crippen LogP contribution in [0.15, 0.2) is 41.2 Å². The predicted octanol–water partition coefficient (Wildman–Crippen LogP) is 4.42. The number of hydrogen-bond donors (Lipinski definition) is 0. The number of aromatic nitrogens is 1. The smallest absolute Gasteiger partial charge is 0.258 e. The maximum atomic E-state index is 13.2. The third kappa shape index (κ3) is 5.23. The van der Waals surface area contributed by atoms with Crippen LogP contribution in [0.4, 0.5) is 0 Å². The van der Waals surface area contributed by atoms with Crippen LogP contribution in [0.25, 0.3) is 21.7 Å². The summed E-state index contributed by atoms with van der Waals surface area (Å²) in [6, 6.07) is 12.0. The van der Waals surface area contributed by atoms with E-state index in [-0.39, 0.29) is 5.56 Å². The van der Waals surface area contributed by atoms with E-state index in [1.165, 1.54) is 51.6 Å². The molecule has 2 aliphatic heterocycles. The van der Waals surface area contributed by atoms with E-state index in [1.54, 1.807) is 4.57 Å². The lowest BCUT2D eigenvalue weighted by Gasteiger charge is -2.26. The molecule has 3 aromatic rings. The van der Waals surface area contributed by atoms with Gasteiger partial charge in [0.1, 0.15) is 24.7 Å². The highest BCUT2D eigenvalue weighted by atomic mass is 16.5. The van der Waals surface area contributed by atoms with Crippen molar-refractivity contribution in [1.29, 1.82) is 0 Å². The topological polar surface area (TPSA) is 46.9 Å². The zero-order chi connectivity index (χ0) is 23.3. The zero-order valence-corrected chi connectivity index (χ0v) is 20.4. The molecule has 0 saturated carbocycles. The van der Waals surface area contributed by atoms with Gasteiger partial charge in [-0.05, 0) is 87.6 Å². The molecule has 0 spiro atoms. The van der Waals surface area contributed by atoms with Gasteiger partial charge in [0, 0.05) is 31.6 Å². The van der Waals surface area contributed by atoms with E-state index in [0.29, 0.717) is 18.6 Å². The van der Waals surface area contributed by atoms with E-state index in [0.717, 1.165) is 54.0 Å². The summed E-state index contributed by atoms with van der Waals surface area (Å²) >= 11 is 0. The molecule has 6 nitrogen and oxygen atoms in total. The highest BCUT2D eigenvalue weighted by molar-refractivity contribution is 6.06. The Morgan fingerprint density at radius 1 is 0.676 bits per heavy atom. The summed E-state index contributed by atoms with van der Waals surface area (Å²) in [7, 11) is 1.84. The van der Waals surface area contributed by atoms with Crippen molar-refractivity contribution in [3.05, 3.63) is 46.8 Å². The minimum absolute atomic E-state index is 0.00514. The summed E-state index contributed by atoms with van der Waals surface area (Å²) in [5.41, 5.74) is 0.890. The first kappa shape index (κ1) is 23.2. The molecule has 182 valence electrons. The summed E-state index contributed by atoms with van der Waals surface area (Å²) in [4.78, 5) is 18.1. The van der Waals surface area contributed by atoms with Gasteiger partial charge in [-0.1, -0.05) is 12.8 Å². The molecule has 0 amide bonds. The maximum absolute atomic E-state index is 13.2. The summed E-state index contributed by atoms with van der Waals surface area (Å²) < 4.78 is 13.8. The second-order valence-electron chi connectivity index (χ2n) is 9.75. The largest absolute Gasteiger partial charge is 0.492 e. The van der Waals surface area contributed by atoms with E-state index in [4.69, 9.17) is 9.47 Å². The Balaban J connectivity index is 1.30. The molecule has 6 heteroatoms. The van der Waals surface area contributed by atoms with Gasteiger partial charge in [-0.25, -0.2) is 0 Å². The quantitative estimate of drug-likeness (QED) is 0.463. The van der Waals surface area contributed by atoms with Gasteiger partial charge in [0.05, 0.1) is 10.9 Å². The number of fused-ring (bicyclic) bond motifs is 3. The Kier molecular flexibility index (Phi) is 7.36. The van der Waals surface area contributed by atoms with Crippen molar-refractivity contribution in [2.24, 2.45) is 7.05 Å². The molecule has 0 N–H and O–H groups in total. The molecule has 0 unspecified atom stereocenters. The summed E-state index contributed by atoms with van der Waals surface area (Å²) in [5, 5.41) is 2.71. The minimum atomic E-state index is -0.00514. The van der Waals surface area contributed by atoms with Crippen LogP contribution in [0, 0.1) is 0 Å². The fourth-order valence-corrected chi connectivity index (χ4v) is 5.37. The minimum Gasteiger partial charge on any atom is -0.492 e. The number of aryl methyl sites for hydroxylation is 1. The van der Waals surface area contributed by atoms with Crippen LogP contribution in [0.3, 0.4) is 0 Å². The first-order valence-electron chi connectivity index (χ1n) is 13.0. The fourth-order valence-electron chi connectivity index (χ4n) is 5.37. The molecule has 2 saturated heterocycles. The van der Waals surface area contributed by atoms with Crippen LogP contribution < -0.4 is 15.0 Å². The SMILES string of the molecule is Cn1c(=O)c2cc(OCCN3CCCCC3)ccc2c2ccc(OCCN3CCCCC3)cc21. The Bertz CT molecular complexity index is 1180. The molecule has 2 fully saturated rings. The van der Waals surface area contributed by atoms with Crippen molar-refractivity contribution in [3.8, 4) is 11.5 Å². The van der Waals surface area contributed by atoms with Gasteiger partial charge in [0.15, 0.2) is 0 Å². The third-order valence-electron chi connectivity index (χ3n) is 7.40. The van der Waals surface area contributed by atoms with E-state index in [1.807, 2.05) is 37.4 Å². The van der Waals surface area contributed by atoms with Gasteiger partial charge >= 0.3 is 0 Å². The van der Waals surface area contributed by atoms with Crippen molar-refractivity contribution in [2.75, 3.05) is 52.5 Å². The average Bonchev–Trinajstić information content (AvgIpc) is 2.88. The van der Waals surface area contributed by atoms with Crippen LogP contribution in [0.2, 0.25) is 0 Å². The van der Waals surface area contributed by atoms with Gasteiger partial charge in [-0.2, -0.15) is 0 Å². The molecule has 2 aliphatic rings. The molecular weight excluding hydrogens is 426 g/mol. The number of likely N-dealkylation sites (tertiary alicyclic amines) is 2. The van der Waals surface area contributed by atoms with Crippen molar-refractivity contribution < 1.29 is 9.47 Å². The molecule has 0 bridgehead atoms. The van der Waals surface area contributed by atoms with Crippen LogP contribution in [-0.2, 0) is 7.05 Å². The molecule has 5 rings (SSSR count). The number of nitrogens with zero attached hydrogens (tertiary/aromatic N) is 3. The van der Waals surface area contributed by atoms with Gasteiger partial charge in [0.2, 0.25) is 0 Å². The van der Waals surface area contributed by atoms with Crippen molar-refractivity contribution >= 4 is 21.7 Å². The second kappa shape index (κ2) is 10.8. The molecule has 3 heterocycles. The lowest BCUT2D eigenvalue weighted by atomic mass is 10.1. The molecule has 2 aromatic carbocycles. The fraction of sp³-hybridized carbons (Fsp3) is 0.536. The first-order chi connectivity index (χ1) is 16.7. The number of hydrogen-bond acceptors (Lipinski definition) is 5. The normalized spacial score (nSPS) is 17.9. The van der Waals surface area contributed by atoms with Gasteiger partial charge in [-0.3, -0.25) is 14.6 Å². The van der Waals surface area contributed by atoms with Crippen LogP contribution in [0.5, 0.6) is 11.5 Å². The molecule has 1 aromatic heterocycles. The number of benzene rings is 2. The highest BCUT2D eigenvalue weighted by Crippen LogP contribution is 2.28. The summed E-state index contributed by atoms with van der Waals surface area (Å²) in [5.74, 6) is 1.58. The van der Waals surface area contributed by atoms with E-state index in [9.17, 15) is 4.79 Å². The Hall–Kier alpha value is -2.57. The highest BCUT2D eigenvalue weighted by Gasteiger charge is 2.13. The van der Waals surface area contributed by atoms with Gasteiger partial charge < -0.3 is 14.0 Å². The standard InChI is InChI=1S/C28H37N3O3/c1-29-27-21-23(34-19-17-31-14-6-3-7-15-31)9-11-25(27)24-10-8-22(20-26(24)28(29)32)33-18-16-30-12-4-2-5-13-30/h8-11,20-21H,2-7,12-19H2,1H3. The van der Waals surface area contributed by atoms with Crippen LogP contribution in [0.1, 0.15) is 38.5 Å². The van der Waals surface area contributed by atoms with Gasteiger partial charge in [-0.15, -0.1) is 0 Å². The van der Waals surface area contributed by atoms with Crippen molar-refractivity contribution in [1.82, 2.24) is 14.4 Å². The third-order valence-corrected chi connectivity index (χ3v) is 7.40. The van der Waals surface area contributed by atoms with E-state index >= 15 is 0 Å². The van der Waals surface area contributed by atoms with Crippen LogP contribution >= 0.6 is 0 Å². The number of piperidine rings is 2. The molecule has 34 heavy (non-hydrogen) atoms. The lowest BCUT2D eigenvalue weighted by molar-refractivity contribution is 0.183. The first-order valence-corrected chi connectivity index (χ1v) is 13.0. The van der Waals surface area contributed by atoms with E-state index in [2.05, 4.69) is 15.9 Å². The molecule has 0 radical (unpaired) electrons. The van der Waals surface area contributed by atoms with Crippen LogP contribution in [-0.4, -0.2) is 66.8 Å². The number of rotatable bonds is 8. The number of ether oxygens (including phenoxy) is 2. The maximum Gasteiger partial charge on any atom is 0.258 e. The summed E-state index contributed by atoms with van der Waals surface area (Å²) in [6.07, 6.45) is 7.82. The van der Waals surface area contributed by atoms with Crippen molar-refractivity contribution in [3.63, 3.8) is 0 Å². The lowest BCUT2D eigenvalue weighted by Crippen LogP contribution is -2.33. The van der Waals surface area contributed by atoms with E-state index < -0.39 is 0 Å². The number of pyridine rings is 1. The Labute approximate surface area is 202 Å². The Morgan fingerprint density at radius 3 is 1.79 bits per heavy atom. The van der Waals surface area contributed by atoms with Crippen molar-refractivity contribution in [2.45, 2.75) is 38.5 Å².